The lowest BCUT2D eigenvalue weighted by atomic mass is 9.99. The van der Waals surface area contributed by atoms with Crippen molar-refractivity contribution in [3.63, 3.8) is 0 Å². The highest BCUT2D eigenvalue weighted by Gasteiger charge is 2.44. The average molecular weight is 825 g/mol. The Bertz CT molecular complexity index is 1320. The Morgan fingerprint density at radius 1 is 0.542 bits per heavy atom. The molecule has 0 saturated carbocycles. The molecule has 1 saturated heterocycles. The predicted molar refractivity (Wildman–Crippen MR) is 237 cm³/mol. The second-order valence-corrected chi connectivity index (χ2v) is 14.4. The Labute approximate surface area is 355 Å². The minimum absolute atomic E-state index is 0.190. The van der Waals surface area contributed by atoms with Gasteiger partial charge in [-0.1, -0.05) is 142 Å². The van der Waals surface area contributed by atoms with Crippen molar-refractivity contribution in [2.24, 2.45) is 0 Å². The number of ether oxygens (including phenoxy) is 4. The second-order valence-electron chi connectivity index (χ2n) is 14.4. The Morgan fingerprint density at radius 2 is 1.03 bits per heavy atom. The van der Waals surface area contributed by atoms with Crippen LogP contribution in [0.25, 0.3) is 0 Å². The molecule has 0 aromatic carbocycles. The zero-order valence-electron chi connectivity index (χ0n) is 35.9. The van der Waals surface area contributed by atoms with Gasteiger partial charge in [-0.2, -0.15) is 0 Å². The molecule has 1 rings (SSSR count). The van der Waals surface area contributed by atoms with Crippen LogP contribution in [0, 0.1) is 0 Å². The van der Waals surface area contributed by atoms with Gasteiger partial charge in [-0.25, -0.2) is 0 Å². The van der Waals surface area contributed by atoms with E-state index in [2.05, 4.69) is 105 Å². The number of hydrogen-bond donors (Lipinski definition) is 4. The number of hydrogen-bond acceptors (Lipinski definition) is 10. The van der Waals surface area contributed by atoms with Gasteiger partial charge in [-0.15, -0.1) is 0 Å². The largest absolute Gasteiger partial charge is 0.462 e. The maximum Gasteiger partial charge on any atom is 0.306 e. The normalized spacial score (nSPS) is 21.1. The second kappa shape index (κ2) is 38.6. The monoisotopic (exact) mass is 825 g/mol. The third kappa shape index (κ3) is 30.1. The first kappa shape index (κ1) is 53.4. The van der Waals surface area contributed by atoms with Crippen molar-refractivity contribution in [3.05, 3.63) is 109 Å². The topological polar surface area (TPSA) is 152 Å². The summed E-state index contributed by atoms with van der Waals surface area (Å²) in [5, 5.41) is 40.0. The van der Waals surface area contributed by atoms with Crippen LogP contribution in [0.2, 0.25) is 0 Å². The molecular formula is C49H76O10. The standard InChI is InChI=1S/C49H76O10/c1-3-5-7-9-11-13-15-17-18-19-20-21-22-23-24-26-27-29-31-33-35-37-44(51)56-40-42(41-57-49-48(55)47(54)46(53)43(39-50)59-49)58-45(52)38-36-34-32-30-28-25-16-14-12-10-8-6-4-2/h5-8,10-14,16-18,20-21,23-24,27,29,42-43,46-50,53-55H,3-4,9,15,19,22,25-26,28,30-41H2,1-2H3/b7-5+,8-6+,12-10+,13-11+,16-14+,18-17+,21-20+,24-23+,29-27+/t42?,43-,46+,47?,48?,49-/m0/s1. The molecule has 6 atom stereocenters. The van der Waals surface area contributed by atoms with Crippen LogP contribution in [0.1, 0.15) is 129 Å². The average Bonchev–Trinajstić information content (AvgIpc) is 3.23. The lowest BCUT2D eigenvalue weighted by Crippen LogP contribution is -2.59. The third-order valence-electron chi connectivity index (χ3n) is 9.21. The molecule has 1 aliphatic heterocycles. The molecule has 4 N–H and O–H groups in total. The number of aliphatic hydroxyl groups excluding tert-OH is 4. The van der Waals surface area contributed by atoms with E-state index in [4.69, 9.17) is 18.9 Å². The van der Waals surface area contributed by atoms with Crippen molar-refractivity contribution < 1.29 is 49.0 Å². The molecule has 10 nitrogen and oxygen atoms in total. The summed E-state index contributed by atoms with van der Waals surface area (Å²) >= 11 is 0. The molecule has 332 valence electrons. The van der Waals surface area contributed by atoms with Crippen LogP contribution in [-0.4, -0.2) is 89.0 Å². The van der Waals surface area contributed by atoms with Crippen molar-refractivity contribution in [1.29, 1.82) is 0 Å². The van der Waals surface area contributed by atoms with Crippen LogP contribution < -0.4 is 0 Å². The van der Waals surface area contributed by atoms with Crippen LogP contribution in [0.5, 0.6) is 0 Å². The van der Waals surface area contributed by atoms with Crippen molar-refractivity contribution in [3.8, 4) is 0 Å². The van der Waals surface area contributed by atoms with Gasteiger partial charge < -0.3 is 39.4 Å². The van der Waals surface area contributed by atoms with E-state index in [1.54, 1.807) is 0 Å². The van der Waals surface area contributed by atoms with E-state index < -0.39 is 55.4 Å². The fraction of sp³-hybridized carbons (Fsp3) is 0.592. The maximum absolute atomic E-state index is 12.7. The Hall–Kier alpha value is -3.64. The molecule has 0 aliphatic carbocycles. The molecule has 0 aromatic heterocycles. The van der Waals surface area contributed by atoms with Crippen LogP contribution in [-0.2, 0) is 28.5 Å². The lowest BCUT2D eigenvalue weighted by Gasteiger charge is -2.39. The van der Waals surface area contributed by atoms with E-state index in [0.717, 1.165) is 89.9 Å². The van der Waals surface area contributed by atoms with Crippen molar-refractivity contribution in [2.75, 3.05) is 19.8 Å². The molecule has 10 heteroatoms. The number of carbonyl (C=O) groups is 2. The molecular weight excluding hydrogens is 749 g/mol. The predicted octanol–water partition coefficient (Wildman–Crippen LogP) is 9.33. The van der Waals surface area contributed by atoms with Gasteiger partial charge in [0.1, 0.15) is 31.0 Å². The van der Waals surface area contributed by atoms with Crippen LogP contribution in [0.4, 0.5) is 0 Å². The van der Waals surface area contributed by atoms with E-state index >= 15 is 0 Å². The van der Waals surface area contributed by atoms with E-state index in [1.165, 1.54) is 0 Å². The molecule has 59 heavy (non-hydrogen) atoms. The highest BCUT2D eigenvalue weighted by Crippen LogP contribution is 2.22. The summed E-state index contributed by atoms with van der Waals surface area (Å²) in [4.78, 5) is 25.3. The number of allylic oxidation sites excluding steroid dienone is 18. The molecule has 0 bridgehead atoms. The highest BCUT2D eigenvalue weighted by atomic mass is 16.7. The summed E-state index contributed by atoms with van der Waals surface area (Å²) in [5.41, 5.74) is 0. The number of esters is 2. The van der Waals surface area contributed by atoms with Gasteiger partial charge in [0.15, 0.2) is 12.4 Å². The number of carbonyl (C=O) groups excluding carboxylic acids is 2. The first-order valence-electron chi connectivity index (χ1n) is 22.0. The minimum atomic E-state index is -1.61. The fourth-order valence-corrected chi connectivity index (χ4v) is 5.78. The van der Waals surface area contributed by atoms with Gasteiger partial charge in [-0.3, -0.25) is 9.59 Å². The van der Waals surface area contributed by atoms with Gasteiger partial charge in [0.05, 0.1) is 13.2 Å². The summed E-state index contributed by atoms with van der Waals surface area (Å²) < 4.78 is 22.1. The minimum Gasteiger partial charge on any atom is -0.462 e. The summed E-state index contributed by atoms with van der Waals surface area (Å²) in [6.07, 6.45) is 45.3. The van der Waals surface area contributed by atoms with Crippen molar-refractivity contribution in [2.45, 2.75) is 166 Å². The number of aliphatic hydroxyl groups is 4. The van der Waals surface area contributed by atoms with E-state index in [9.17, 15) is 30.0 Å². The van der Waals surface area contributed by atoms with E-state index in [0.29, 0.717) is 12.8 Å². The summed E-state index contributed by atoms with van der Waals surface area (Å²) in [7, 11) is 0. The van der Waals surface area contributed by atoms with Crippen LogP contribution >= 0.6 is 0 Å². The Kier molecular flexibility index (Phi) is 34.9. The Balaban J connectivity index is 2.38. The smallest absolute Gasteiger partial charge is 0.306 e. The summed E-state index contributed by atoms with van der Waals surface area (Å²) in [6, 6.07) is 0. The SMILES string of the molecule is CC/C=C/C=C/C=C/CCCCCCCC(=O)OC(COC(=O)CCCC/C=C/C/C=C/C/C=C/C/C=C/C/C=C/C/C=C/CC)CO[C@H]1O[C@@H](CO)[C@@H](O)C(O)C1O. The van der Waals surface area contributed by atoms with Gasteiger partial charge in [0.25, 0.3) is 0 Å². The van der Waals surface area contributed by atoms with Gasteiger partial charge >= 0.3 is 11.9 Å². The highest BCUT2D eigenvalue weighted by molar-refractivity contribution is 5.70. The summed E-state index contributed by atoms with van der Waals surface area (Å²) in [5.74, 6) is -0.896. The number of rotatable bonds is 34. The van der Waals surface area contributed by atoms with Crippen molar-refractivity contribution in [1.82, 2.24) is 0 Å². The number of unbranched alkanes of at least 4 members (excludes halogenated alkanes) is 7. The third-order valence-corrected chi connectivity index (χ3v) is 9.21. The molecule has 0 radical (unpaired) electrons. The fourth-order valence-electron chi connectivity index (χ4n) is 5.78. The van der Waals surface area contributed by atoms with Gasteiger partial charge in [0, 0.05) is 12.8 Å². The van der Waals surface area contributed by atoms with Gasteiger partial charge in [-0.05, 0) is 83.5 Å². The molecule has 1 aliphatic rings. The van der Waals surface area contributed by atoms with Crippen LogP contribution in [0.15, 0.2) is 109 Å². The molecule has 3 unspecified atom stereocenters. The Morgan fingerprint density at radius 3 is 1.64 bits per heavy atom. The molecule has 1 heterocycles. The first-order chi connectivity index (χ1) is 28.8. The van der Waals surface area contributed by atoms with E-state index in [1.807, 2.05) is 18.2 Å². The van der Waals surface area contributed by atoms with Gasteiger partial charge in [0.2, 0.25) is 0 Å². The summed E-state index contributed by atoms with van der Waals surface area (Å²) in [6.45, 7) is 3.08. The molecule has 0 aromatic rings. The van der Waals surface area contributed by atoms with E-state index in [-0.39, 0.29) is 26.1 Å². The quantitative estimate of drug-likeness (QED) is 0.0214. The first-order valence-corrected chi connectivity index (χ1v) is 22.0. The zero-order valence-corrected chi connectivity index (χ0v) is 35.9. The molecule has 0 amide bonds. The molecule has 1 fully saturated rings. The van der Waals surface area contributed by atoms with Crippen LogP contribution in [0.3, 0.4) is 0 Å². The van der Waals surface area contributed by atoms with Crippen molar-refractivity contribution >= 4 is 11.9 Å². The zero-order chi connectivity index (χ0) is 43.0. The lowest BCUT2D eigenvalue weighted by molar-refractivity contribution is -0.305. The maximum atomic E-state index is 12.7. The molecule has 0 spiro atoms.